The number of carbonyl (C=O) groups is 2. The van der Waals surface area contributed by atoms with Crippen molar-refractivity contribution in [3.8, 4) is 0 Å². The Labute approximate surface area is 171 Å². The number of piperidine rings is 1. The van der Waals surface area contributed by atoms with Crippen LogP contribution in [0.1, 0.15) is 35.7 Å². The minimum Gasteiger partial charge on any atom is -0.454 e. The summed E-state index contributed by atoms with van der Waals surface area (Å²) < 4.78 is 5.80. The summed E-state index contributed by atoms with van der Waals surface area (Å²) in [7, 11) is 0. The molecule has 0 atom stereocenters. The normalized spacial score (nSPS) is 16.2. The molecule has 1 aliphatic heterocycles. The number of nitrogens with zero attached hydrogens (tertiary/aromatic N) is 1. The molecule has 0 bridgehead atoms. The molecule has 3 rings (SSSR count). The number of ether oxygens (including phenoxy) is 1. The van der Waals surface area contributed by atoms with Crippen LogP contribution in [0.2, 0.25) is 0 Å². The molecule has 1 aliphatic rings. The van der Waals surface area contributed by atoms with Crippen molar-refractivity contribution in [2.75, 3.05) is 37.2 Å². The van der Waals surface area contributed by atoms with Crippen LogP contribution < -0.4 is 16.8 Å². The van der Waals surface area contributed by atoms with Gasteiger partial charge in [-0.25, -0.2) is 0 Å². The second-order valence-corrected chi connectivity index (χ2v) is 7.39. The number of hydrogen-bond donors (Lipinski definition) is 3. The molecule has 0 aromatic heterocycles. The van der Waals surface area contributed by atoms with E-state index in [0.717, 1.165) is 38.0 Å². The van der Waals surface area contributed by atoms with Crippen molar-refractivity contribution in [1.29, 1.82) is 0 Å². The second-order valence-electron chi connectivity index (χ2n) is 7.39. The maximum absolute atomic E-state index is 11.7. The van der Waals surface area contributed by atoms with Gasteiger partial charge < -0.3 is 26.4 Å². The highest BCUT2D eigenvalue weighted by atomic mass is 16.6. The zero-order valence-electron chi connectivity index (χ0n) is 16.7. The number of amides is 1. The molecule has 0 saturated carbocycles. The minimum atomic E-state index is -0.562. The summed E-state index contributed by atoms with van der Waals surface area (Å²) >= 11 is 0. The van der Waals surface area contributed by atoms with E-state index in [0.29, 0.717) is 23.5 Å². The van der Waals surface area contributed by atoms with Crippen LogP contribution in [0, 0.1) is 0 Å². The van der Waals surface area contributed by atoms with Crippen LogP contribution in [-0.2, 0) is 15.1 Å². The molecule has 7 heteroatoms. The van der Waals surface area contributed by atoms with Gasteiger partial charge in [0, 0.05) is 57.3 Å². The van der Waals surface area contributed by atoms with Crippen LogP contribution in [0.15, 0.2) is 48.5 Å². The highest BCUT2D eigenvalue weighted by Crippen LogP contribution is 2.36. The zero-order chi connectivity index (χ0) is 20.9. The molecule has 154 valence electrons. The van der Waals surface area contributed by atoms with Gasteiger partial charge in [0.2, 0.25) is 0 Å². The Kier molecular flexibility index (Phi) is 6.39. The number of rotatable bonds is 7. The van der Waals surface area contributed by atoms with Crippen molar-refractivity contribution in [1.82, 2.24) is 4.90 Å². The molecule has 0 aliphatic carbocycles. The van der Waals surface area contributed by atoms with Gasteiger partial charge in [-0.05, 0) is 23.8 Å². The number of primary amides is 1. The van der Waals surface area contributed by atoms with Crippen molar-refractivity contribution in [3.05, 3.63) is 59.7 Å². The predicted molar refractivity (Wildman–Crippen MR) is 113 cm³/mol. The number of hydrogen-bond acceptors (Lipinski definition) is 6. The van der Waals surface area contributed by atoms with E-state index in [1.54, 1.807) is 18.2 Å². The van der Waals surface area contributed by atoms with Crippen LogP contribution in [0.25, 0.3) is 0 Å². The van der Waals surface area contributed by atoms with E-state index >= 15 is 0 Å². The van der Waals surface area contributed by atoms with E-state index in [1.807, 2.05) is 30.3 Å². The van der Waals surface area contributed by atoms with Crippen LogP contribution in [-0.4, -0.2) is 43.0 Å². The van der Waals surface area contributed by atoms with Crippen molar-refractivity contribution >= 4 is 23.3 Å². The van der Waals surface area contributed by atoms with Gasteiger partial charge in [-0.2, -0.15) is 0 Å². The highest BCUT2D eigenvalue weighted by molar-refractivity contribution is 5.99. The molecule has 0 unspecified atom stereocenters. The third-order valence-electron chi connectivity index (χ3n) is 5.36. The predicted octanol–water partition coefficient (Wildman–Crippen LogP) is 2.33. The number of nitrogen functional groups attached to an aromatic ring is 1. The maximum atomic E-state index is 11.7. The van der Waals surface area contributed by atoms with Crippen LogP contribution >= 0.6 is 0 Å². The Morgan fingerprint density at radius 1 is 1.14 bits per heavy atom. The topological polar surface area (TPSA) is 111 Å². The van der Waals surface area contributed by atoms with E-state index in [2.05, 4.69) is 10.2 Å². The zero-order valence-corrected chi connectivity index (χ0v) is 16.7. The number of carbonyl (C=O) groups excluding carboxylic acids is 2. The average Bonchev–Trinajstić information content (AvgIpc) is 2.70. The van der Waals surface area contributed by atoms with Gasteiger partial charge in [0.15, 0.2) is 0 Å². The van der Waals surface area contributed by atoms with Crippen molar-refractivity contribution in [2.24, 2.45) is 5.73 Å². The van der Waals surface area contributed by atoms with Gasteiger partial charge in [-0.15, -0.1) is 0 Å². The van der Waals surface area contributed by atoms with Gasteiger partial charge >= 0.3 is 5.97 Å². The fourth-order valence-electron chi connectivity index (χ4n) is 3.87. The summed E-state index contributed by atoms with van der Waals surface area (Å²) in [5.41, 5.74) is 13.2. The molecule has 29 heavy (non-hydrogen) atoms. The van der Waals surface area contributed by atoms with E-state index in [1.165, 1.54) is 6.92 Å². The van der Waals surface area contributed by atoms with Gasteiger partial charge in [0.1, 0.15) is 5.60 Å². The molecule has 2 aromatic rings. The quantitative estimate of drug-likeness (QED) is 0.489. The smallest absolute Gasteiger partial charge is 0.303 e. The van der Waals surface area contributed by atoms with Gasteiger partial charge in [0.05, 0.1) is 5.56 Å². The van der Waals surface area contributed by atoms with E-state index in [9.17, 15) is 9.59 Å². The average molecular weight is 396 g/mol. The summed E-state index contributed by atoms with van der Waals surface area (Å²) in [5, 5.41) is 3.27. The fraction of sp³-hybridized carbons (Fsp3) is 0.364. The van der Waals surface area contributed by atoms with Gasteiger partial charge in [0.25, 0.3) is 5.91 Å². The SMILES string of the molecule is CC(=O)OC1(c2ccccc2)CCN(CCNc2ccc(N)cc2C(N)=O)CC1. The van der Waals surface area contributed by atoms with E-state index in [4.69, 9.17) is 16.2 Å². The first kappa shape index (κ1) is 20.7. The lowest BCUT2D eigenvalue weighted by Crippen LogP contribution is -2.46. The molecular formula is C22H28N4O3. The molecule has 1 heterocycles. The molecule has 5 N–H and O–H groups in total. The summed E-state index contributed by atoms with van der Waals surface area (Å²) in [6.07, 6.45) is 1.48. The Morgan fingerprint density at radius 3 is 2.45 bits per heavy atom. The second kappa shape index (κ2) is 8.96. The minimum absolute atomic E-state index is 0.258. The molecule has 0 spiro atoms. The summed E-state index contributed by atoms with van der Waals surface area (Å²) in [5.74, 6) is -0.766. The summed E-state index contributed by atoms with van der Waals surface area (Å²) in [6.45, 7) is 4.55. The van der Waals surface area contributed by atoms with Crippen molar-refractivity contribution < 1.29 is 14.3 Å². The fourth-order valence-corrected chi connectivity index (χ4v) is 3.87. The molecule has 1 saturated heterocycles. The lowest BCUT2D eigenvalue weighted by molar-refractivity contribution is -0.164. The number of benzene rings is 2. The van der Waals surface area contributed by atoms with Crippen molar-refractivity contribution in [3.63, 3.8) is 0 Å². The Morgan fingerprint density at radius 2 is 1.83 bits per heavy atom. The molecule has 0 radical (unpaired) electrons. The summed E-state index contributed by atoms with van der Waals surface area (Å²) in [4.78, 5) is 25.6. The van der Waals surface area contributed by atoms with Crippen LogP contribution in [0.3, 0.4) is 0 Å². The Bertz CT molecular complexity index is 862. The van der Waals surface area contributed by atoms with Crippen LogP contribution in [0.4, 0.5) is 11.4 Å². The first-order valence-corrected chi connectivity index (χ1v) is 9.80. The molecule has 1 fully saturated rings. The third-order valence-corrected chi connectivity index (χ3v) is 5.36. The lowest BCUT2D eigenvalue weighted by atomic mass is 9.84. The first-order valence-electron chi connectivity index (χ1n) is 9.80. The maximum Gasteiger partial charge on any atom is 0.303 e. The number of anilines is 2. The highest BCUT2D eigenvalue weighted by Gasteiger charge is 2.39. The summed E-state index contributed by atoms with van der Waals surface area (Å²) in [6, 6.07) is 15.0. The molecule has 1 amide bonds. The lowest BCUT2D eigenvalue weighted by Gasteiger charge is -2.41. The first-order chi connectivity index (χ1) is 13.9. The Hall–Kier alpha value is -3.06. The number of likely N-dealkylation sites (tertiary alicyclic amines) is 1. The molecule has 7 nitrogen and oxygen atoms in total. The molecular weight excluding hydrogens is 368 g/mol. The van der Waals surface area contributed by atoms with Gasteiger partial charge in [-0.1, -0.05) is 30.3 Å². The number of nitrogens with one attached hydrogen (secondary N) is 1. The van der Waals surface area contributed by atoms with Crippen molar-refractivity contribution in [2.45, 2.75) is 25.4 Å². The third kappa shape index (κ3) is 5.06. The van der Waals surface area contributed by atoms with Crippen LogP contribution in [0.5, 0.6) is 0 Å². The Balaban J connectivity index is 1.58. The van der Waals surface area contributed by atoms with E-state index in [-0.39, 0.29) is 5.97 Å². The standard InChI is InChI=1S/C22H28N4O3/c1-16(27)29-22(17-5-3-2-4-6-17)9-12-26(13-10-22)14-11-25-20-8-7-18(23)15-19(20)21(24)28/h2-8,15,25H,9-14,23H2,1H3,(H2,24,28). The van der Waals surface area contributed by atoms with Gasteiger partial charge in [-0.3, -0.25) is 9.59 Å². The van der Waals surface area contributed by atoms with E-state index < -0.39 is 11.5 Å². The largest absolute Gasteiger partial charge is 0.454 e. The number of nitrogens with two attached hydrogens (primary N) is 2. The monoisotopic (exact) mass is 396 g/mol. The molecule has 2 aromatic carbocycles. The number of esters is 1.